The summed E-state index contributed by atoms with van der Waals surface area (Å²) < 4.78 is 19.3. The first-order valence-electron chi connectivity index (χ1n) is 11.1. The third-order valence-electron chi connectivity index (χ3n) is 7.14. The van der Waals surface area contributed by atoms with Gasteiger partial charge in [-0.25, -0.2) is 0 Å². The average molecular weight is 420 g/mol. The number of para-hydroxylation sites is 1. The van der Waals surface area contributed by atoms with Crippen molar-refractivity contribution in [1.29, 1.82) is 0 Å². The lowest BCUT2D eigenvalue weighted by Gasteiger charge is -2.32. The van der Waals surface area contributed by atoms with E-state index >= 15 is 0 Å². The zero-order chi connectivity index (χ0) is 22.1. The molecule has 0 spiro atoms. The Morgan fingerprint density at radius 2 is 1.25 bits per heavy atom. The largest absolute Gasteiger partial charge is 0.495 e. The lowest BCUT2D eigenvalue weighted by molar-refractivity contribution is 0.00578. The van der Waals surface area contributed by atoms with Gasteiger partial charge in [0.25, 0.3) is 0 Å². The van der Waals surface area contributed by atoms with Crippen LogP contribution >= 0.6 is 0 Å². The highest BCUT2D eigenvalue weighted by molar-refractivity contribution is 6.66. The lowest BCUT2D eigenvalue weighted by atomic mass is 9.76. The fourth-order valence-corrected chi connectivity index (χ4v) is 4.71. The molecule has 0 amide bonds. The van der Waals surface area contributed by atoms with Crippen LogP contribution in [0, 0.1) is 0 Å². The fraction of sp³-hybridized carbons (Fsp3) is 0.214. The number of fused-ring (bicyclic) bond motifs is 4. The van der Waals surface area contributed by atoms with Gasteiger partial charge in [-0.15, -0.1) is 0 Å². The van der Waals surface area contributed by atoms with Crippen molar-refractivity contribution in [2.24, 2.45) is 0 Å². The van der Waals surface area contributed by atoms with Gasteiger partial charge in [0.2, 0.25) is 0 Å². The summed E-state index contributed by atoms with van der Waals surface area (Å²) in [7, 11) is -0.439. The second-order valence-electron chi connectivity index (χ2n) is 9.62. The Labute approximate surface area is 188 Å². The molecule has 0 radical (unpaired) electrons. The Bertz CT molecular complexity index is 1470. The summed E-state index contributed by atoms with van der Waals surface area (Å²) in [5.74, 6) is 0. The van der Waals surface area contributed by atoms with Crippen LogP contribution in [0.3, 0.4) is 0 Å². The topological polar surface area (TPSA) is 31.6 Å². The van der Waals surface area contributed by atoms with E-state index in [-0.39, 0.29) is 0 Å². The molecule has 1 fully saturated rings. The van der Waals surface area contributed by atoms with E-state index in [0.717, 1.165) is 33.0 Å². The Hall–Kier alpha value is -3.08. The maximum absolute atomic E-state index is 6.48. The normalized spacial score (nSPS) is 17.6. The number of hydrogen-bond donors (Lipinski definition) is 0. The van der Waals surface area contributed by atoms with Gasteiger partial charge in [0.1, 0.15) is 11.2 Å². The van der Waals surface area contributed by atoms with Crippen LogP contribution < -0.4 is 5.46 Å². The smallest absolute Gasteiger partial charge is 0.455 e. The van der Waals surface area contributed by atoms with Gasteiger partial charge in [0, 0.05) is 16.3 Å². The maximum Gasteiger partial charge on any atom is 0.495 e. The van der Waals surface area contributed by atoms with Crippen LogP contribution in [0.15, 0.2) is 83.3 Å². The van der Waals surface area contributed by atoms with Gasteiger partial charge in [-0.2, -0.15) is 0 Å². The van der Waals surface area contributed by atoms with Crippen LogP contribution in [-0.4, -0.2) is 18.3 Å². The first kappa shape index (κ1) is 19.6. The number of furan rings is 1. The molecule has 158 valence electrons. The monoisotopic (exact) mass is 420 g/mol. The summed E-state index contributed by atoms with van der Waals surface area (Å²) in [6.07, 6.45) is 0. The van der Waals surface area contributed by atoms with Gasteiger partial charge in [-0.1, -0.05) is 72.8 Å². The number of rotatable bonds is 2. The van der Waals surface area contributed by atoms with Gasteiger partial charge >= 0.3 is 7.12 Å². The number of hydrogen-bond acceptors (Lipinski definition) is 3. The third-order valence-corrected chi connectivity index (χ3v) is 7.14. The standard InChI is InChI=1S/C28H25BO3/c1-27(2)28(3,4)32-29(31-27)23-16-9-17-24-25(23)22-15-8-14-21(26(22)30-24)20-13-7-11-18-10-5-6-12-19(18)20/h5-17H,1-4H3. The molecule has 0 N–H and O–H groups in total. The van der Waals surface area contributed by atoms with Crippen LogP contribution in [0.1, 0.15) is 27.7 Å². The molecule has 32 heavy (non-hydrogen) atoms. The molecule has 1 saturated heterocycles. The Kier molecular flexibility index (Phi) is 4.11. The van der Waals surface area contributed by atoms with E-state index in [2.05, 4.69) is 94.4 Å². The van der Waals surface area contributed by atoms with Crippen molar-refractivity contribution in [3.05, 3.63) is 78.9 Å². The molecule has 4 heteroatoms. The van der Waals surface area contributed by atoms with Gasteiger partial charge in [0.05, 0.1) is 11.2 Å². The molecule has 4 aromatic carbocycles. The van der Waals surface area contributed by atoms with Crippen molar-refractivity contribution in [3.8, 4) is 11.1 Å². The van der Waals surface area contributed by atoms with Crippen molar-refractivity contribution in [1.82, 2.24) is 0 Å². The highest BCUT2D eigenvalue weighted by Crippen LogP contribution is 2.40. The zero-order valence-corrected chi connectivity index (χ0v) is 18.8. The van der Waals surface area contributed by atoms with Crippen LogP contribution in [0.5, 0.6) is 0 Å². The molecule has 1 aliphatic rings. The Morgan fingerprint density at radius 3 is 2.06 bits per heavy atom. The molecule has 5 aromatic rings. The summed E-state index contributed by atoms with van der Waals surface area (Å²) in [6.45, 7) is 8.33. The second kappa shape index (κ2) is 6.71. The van der Waals surface area contributed by atoms with Crippen LogP contribution in [0.2, 0.25) is 0 Å². The van der Waals surface area contributed by atoms with Crippen molar-refractivity contribution < 1.29 is 13.7 Å². The Morgan fingerprint density at radius 1 is 0.625 bits per heavy atom. The molecule has 3 nitrogen and oxygen atoms in total. The predicted octanol–water partition coefficient (Wildman–Crippen LogP) is 6.71. The molecular formula is C28H25BO3. The fourth-order valence-electron chi connectivity index (χ4n) is 4.71. The van der Waals surface area contributed by atoms with E-state index in [4.69, 9.17) is 13.7 Å². The molecule has 0 bridgehead atoms. The minimum absolute atomic E-state index is 0.395. The lowest BCUT2D eigenvalue weighted by Crippen LogP contribution is -2.41. The van der Waals surface area contributed by atoms with Gasteiger partial charge in [-0.3, -0.25) is 0 Å². The molecule has 0 saturated carbocycles. The van der Waals surface area contributed by atoms with Crippen LogP contribution in [-0.2, 0) is 9.31 Å². The van der Waals surface area contributed by atoms with E-state index in [9.17, 15) is 0 Å². The molecule has 1 aromatic heterocycles. The molecule has 6 rings (SSSR count). The average Bonchev–Trinajstić information content (AvgIpc) is 3.26. The summed E-state index contributed by atoms with van der Waals surface area (Å²) in [4.78, 5) is 0. The summed E-state index contributed by atoms with van der Waals surface area (Å²) in [6, 6.07) is 27.4. The number of benzene rings is 4. The quantitative estimate of drug-likeness (QED) is 0.298. The van der Waals surface area contributed by atoms with Gasteiger partial charge in [0.15, 0.2) is 0 Å². The first-order valence-corrected chi connectivity index (χ1v) is 11.1. The van der Waals surface area contributed by atoms with Gasteiger partial charge in [-0.05, 0) is 55.6 Å². The van der Waals surface area contributed by atoms with E-state index in [0.29, 0.717) is 0 Å². The first-order chi connectivity index (χ1) is 15.4. The SMILES string of the molecule is CC1(C)OB(c2cccc3oc4c(-c5cccc6ccccc56)cccc4c23)OC1(C)C. The molecule has 0 aliphatic carbocycles. The summed E-state index contributed by atoms with van der Waals surface area (Å²) >= 11 is 0. The van der Waals surface area contributed by atoms with E-state index in [1.54, 1.807) is 0 Å². The van der Waals surface area contributed by atoms with Crippen molar-refractivity contribution in [2.75, 3.05) is 0 Å². The van der Waals surface area contributed by atoms with E-state index < -0.39 is 18.3 Å². The van der Waals surface area contributed by atoms with Crippen LogP contribution in [0.4, 0.5) is 0 Å². The zero-order valence-electron chi connectivity index (χ0n) is 18.8. The van der Waals surface area contributed by atoms with Crippen molar-refractivity contribution in [2.45, 2.75) is 38.9 Å². The maximum atomic E-state index is 6.48. The van der Waals surface area contributed by atoms with Crippen LogP contribution in [0.25, 0.3) is 43.8 Å². The second-order valence-corrected chi connectivity index (χ2v) is 9.62. The summed E-state index contributed by atoms with van der Waals surface area (Å²) in [5, 5.41) is 4.57. The molecule has 1 aliphatic heterocycles. The molecular weight excluding hydrogens is 395 g/mol. The predicted molar refractivity (Wildman–Crippen MR) is 132 cm³/mol. The highest BCUT2D eigenvalue weighted by Gasteiger charge is 2.52. The van der Waals surface area contributed by atoms with E-state index in [1.807, 2.05) is 12.1 Å². The van der Waals surface area contributed by atoms with E-state index in [1.165, 1.54) is 16.3 Å². The molecule has 0 unspecified atom stereocenters. The molecule has 2 heterocycles. The Balaban J connectivity index is 1.60. The van der Waals surface area contributed by atoms with Crippen molar-refractivity contribution in [3.63, 3.8) is 0 Å². The molecule has 0 atom stereocenters. The van der Waals surface area contributed by atoms with Crippen molar-refractivity contribution >= 4 is 45.3 Å². The summed E-state index contributed by atoms with van der Waals surface area (Å²) in [5.41, 5.74) is 4.22. The third kappa shape index (κ3) is 2.76. The highest BCUT2D eigenvalue weighted by atomic mass is 16.7. The minimum Gasteiger partial charge on any atom is -0.455 e. The van der Waals surface area contributed by atoms with Gasteiger partial charge < -0.3 is 13.7 Å². The minimum atomic E-state index is -0.439.